The zero-order valence-electron chi connectivity index (χ0n) is 56.5. The number of rotatable bonds is 67. The van der Waals surface area contributed by atoms with Crippen LogP contribution in [0.4, 0.5) is 0 Å². The van der Waals surface area contributed by atoms with Crippen LogP contribution in [0.2, 0.25) is 0 Å². The Labute approximate surface area is 526 Å². The number of nitrogens with zero attached hydrogens (tertiary/aromatic N) is 1. The molecule has 0 aliphatic heterocycles. The van der Waals surface area contributed by atoms with Crippen LogP contribution in [0, 0.1) is 0 Å². The Morgan fingerprint density at radius 1 is 0.353 bits per heavy atom. The molecule has 0 radical (unpaired) electrons. The molecule has 0 amide bonds. The Morgan fingerprint density at radius 2 is 0.635 bits per heavy atom. The summed E-state index contributed by atoms with van der Waals surface area (Å²) in [4.78, 5) is 37.5. The molecule has 0 aromatic carbocycles. The number of allylic oxidation sites excluding steroid dienone is 12. The van der Waals surface area contributed by atoms with Crippen molar-refractivity contribution in [1.82, 2.24) is 0 Å². The highest BCUT2D eigenvalue weighted by atomic mass is 16.7. The number of hydrogen-bond donors (Lipinski definition) is 0. The second-order valence-corrected chi connectivity index (χ2v) is 25.5. The zero-order chi connectivity index (χ0) is 61.9. The van der Waals surface area contributed by atoms with Crippen molar-refractivity contribution < 1.29 is 42.9 Å². The van der Waals surface area contributed by atoms with Gasteiger partial charge in [0.25, 0.3) is 0 Å². The maximum atomic E-state index is 12.9. The third-order valence-corrected chi connectivity index (χ3v) is 15.9. The standard InChI is InChI=1S/C76H137NO8/c1-6-8-10-12-14-16-18-20-22-24-26-28-29-30-31-32-33-34-35-36-37-38-39-40-41-42-43-44-45-47-49-51-53-55-57-59-61-63-65-67-74(79)85-72(71-84-76(75(80)81)82-69-68-77(3,4)5)70-83-73(78)66-64-62-60-58-56-54-52-50-48-46-27-25-23-21-19-17-15-13-11-9-7-2/h18-21,24-27,29-30,48,50,72,76H,6-17,22-23,28,31-47,49,51-71H2,1-5H3/b20-18-,21-19-,26-24-,27-25-,30-29-,50-48-. The van der Waals surface area contributed by atoms with E-state index in [4.69, 9.17) is 18.9 Å². The van der Waals surface area contributed by atoms with Crippen LogP contribution in [-0.2, 0) is 33.3 Å². The summed E-state index contributed by atoms with van der Waals surface area (Å²) >= 11 is 0. The lowest BCUT2D eigenvalue weighted by Crippen LogP contribution is -2.44. The number of carboxylic acid groups (broad SMARTS) is 1. The largest absolute Gasteiger partial charge is 0.545 e. The van der Waals surface area contributed by atoms with Gasteiger partial charge in [-0.1, -0.05) is 305 Å². The molecular formula is C76H137NO8. The Bertz CT molecular complexity index is 1620. The summed E-state index contributed by atoms with van der Waals surface area (Å²) in [5, 5.41) is 11.8. The molecule has 2 unspecified atom stereocenters. The van der Waals surface area contributed by atoms with E-state index in [9.17, 15) is 19.5 Å². The van der Waals surface area contributed by atoms with Crippen LogP contribution in [0.3, 0.4) is 0 Å². The molecule has 2 atom stereocenters. The molecule has 0 N–H and O–H groups in total. The van der Waals surface area contributed by atoms with E-state index < -0.39 is 24.3 Å². The lowest BCUT2D eigenvalue weighted by molar-refractivity contribution is -0.870. The summed E-state index contributed by atoms with van der Waals surface area (Å²) in [5.74, 6) is -2.28. The Hall–Kier alpha value is -3.27. The van der Waals surface area contributed by atoms with Crippen molar-refractivity contribution in [2.75, 3.05) is 47.5 Å². The van der Waals surface area contributed by atoms with E-state index in [-0.39, 0.29) is 38.6 Å². The highest BCUT2D eigenvalue weighted by Crippen LogP contribution is 2.18. The lowest BCUT2D eigenvalue weighted by atomic mass is 10.0. The number of carbonyl (C=O) groups excluding carboxylic acids is 3. The minimum absolute atomic E-state index is 0.145. The minimum Gasteiger partial charge on any atom is -0.545 e. The van der Waals surface area contributed by atoms with Crippen molar-refractivity contribution in [3.8, 4) is 0 Å². The summed E-state index contributed by atoms with van der Waals surface area (Å²) in [5.41, 5.74) is 0. The van der Waals surface area contributed by atoms with Gasteiger partial charge in [-0.3, -0.25) is 9.59 Å². The van der Waals surface area contributed by atoms with Crippen molar-refractivity contribution in [3.63, 3.8) is 0 Å². The molecule has 0 heterocycles. The summed E-state index contributed by atoms with van der Waals surface area (Å²) in [6.45, 7) is 4.75. The first-order valence-electron chi connectivity index (χ1n) is 36.1. The molecule has 0 aromatic rings. The SMILES string of the molecule is CCCCCCC/C=C\C/C=C\C/C=C\CCCCCCCCCCCCCCCCCCCCCCCCCCC(=O)OC(COC(=O)CCCCCCCC/C=C\C/C=C\C/C=C\CCCCCCC)COC(OCC[N+](C)(C)C)C(=O)[O-]. The van der Waals surface area contributed by atoms with E-state index in [0.717, 1.165) is 70.6 Å². The number of quaternary nitrogens is 1. The van der Waals surface area contributed by atoms with Crippen LogP contribution in [0.15, 0.2) is 72.9 Å². The summed E-state index contributed by atoms with van der Waals surface area (Å²) in [6.07, 6.45) is 85.7. The Morgan fingerprint density at radius 3 is 0.941 bits per heavy atom. The lowest BCUT2D eigenvalue weighted by Gasteiger charge is -2.26. The molecule has 0 rings (SSSR count). The van der Waals surface area contributed by atoms with Gasteiger partial charge >= 0.3 is 11.9 Å². The smallest absolute Gasteiger partial charge is 0.306 e. The minimum atomic E-state index is -1.63. The molecule has 0 aliphatic rings. The highest BCUT2D eigenvalue weighted by molar-refractivity contribution is 5.70. The maximum Gasteiger partial charge on any atom is 0.306 e. The van der Waals surface area contributed by atoms with Crippen LogP contribution in [0.1, 0.15) is 335 Å². The predicted octanol–water partition coefficient (Wildman–Crippen LogP) is 21.1. The third kappa shape index (κ3) is 68.1. The van der Waals surface area contributed by atoms with Crippen LogP contribution in [-0.4, -0.2) is 82.3 Å². The van der Waals surface area contributed by atoms with Gasteiger partial charge in [0.1, 0.15) is 13.2 Å². The van der Waals surface area contributed by atoms with E-state index in [0.29, 0.717) is 17.4 Å². The maximum absolute atomic E-state index is 12.9. The van der Waals surface area contributed by atoms with Gasteiger partial charge in [-0.05, 0) is 89.9 Å². The molecule has 0 spiro atoms. The van der Waals surface area contributed by atoms with Crippen molar-refractivity contribution >= 4 is 17.9 Å². The zero-order valence-corrected chi connectivity index (χ0v) is 56.5. The second kappa shape index (κ2) is 66.7. The van der Waals surface area contributed by atoms with Crippen LogP contribution in [0.25, 0.3) is 0 Å². The first-order chi connectivity index (χ1) is 41.6. The average molecular weight is 1190 g/mol. The summed E-state index contributed by atoms with van der Waals surface area (Å²) < 4.78 is 22.8. The van der Waals surface area contributed by atoms with Gasteiger partial charge < -0.3 is 33.3 Å². The molecule has 0 fully saturated rings. The van der Waals surface area contributed by atoms with Crippen LogP contribution >= 0.6 is 0 Å². The van der Waals surface area contributed by atoms with Crippen molar-refractivity contribution in [1.29, 1.82) is 0 Å². The van der Waals surface area contributed by atoms with E-state index in [2.05, 4.69) is 86.8 Å². The number of esters is 2. The normalized spacial score (nSPS) is 13.1. The molecule has 9 heteroatoms. The van der Waals surface area contributed by atoms with Crippen molar-refractivity contribution in [3.05, 3.63) is 72.9 Å². The topological polar surface area (TPSA) is 111 Å². The monoisotopic (exact) mass is 1190 g/mol. The van der Waals surface area contributed by atoms with Gasteiger partial charge in [0, 0.05) is 12.8 Å². The first kappa shape index (κ1) is 81.7. The fraction of sp³-hybridized carbons (Fsp3) is 0.803. The van der Waals surface area contributed by atoms with Crippen LogP contribution in [0.5, 0.6) is 0 Å². The molecule has 494 valence electrons. The molecule has 0 saturated heterocycles. The van der Waals surface area contributed by atoms with Gasteiger partial charge in [0.05, 0.1) is 40.3 Å². The van der Waals surface area contributed by atoms with Crippen molar-refractivity contribution in [2.45, 2.75) is 347 Å². The fourth-order valence-electron chi connectivity index (χ4n) is 10.4. The molecule has 0 bridgehead atoms. The first-order valence-corrected chi connectivity index (χ1v) is 36.1. The molecule has 0 aromatic heterocycles. The van der Waals surface area contributed by atoms with E-state index in [1.54, 1.807) is 0 Å². The number of hydrogen-bond acceptors (Lipinski definition) is 8. The van der Waals surface area contributed by atoms with Gasteiger partial charge in [-0.25, -0.2) is 0 Å². The highest BCUT2D eigenvalue weighted by Gasteiger charge is 2.22. The fourth-order valence-corrected chi connectivity index (χ4v) is 10.4. The molecule has 0 saturated carbocycles. The summed E-state index contributed by atoms with van der Waals surface area (Å²) in [6, 6.07) is 0. The quantitative estimate of drug-likeness (QED) is 0.0195. The summed E-state index contributed by atoms with van der Waals surface area (Å²) in [7, 11) is 5.93. The average Bonchev–Trinajstić information content (AvgIpc) is 3.49. The number of unbranched alkanes of at least 4 members (excludes halogenated alkanes) is 40. The molecule has 9 nitrogen and oxygen atoms in total. The predicted molar refractivity (Wildman–Crippen MR) is 361 cm³/mol. The van der Waals surface area contributed by atoms with Gasteiger partial charge in [-0.2, -0.15) is 0 Å². The Balaban J connectivity index is 4.02. The molecule has 85 heavy (non-hydrogen) atoms. The molecule has 0 aliphatic carbocycles. The van der Waals surface area contributed by atoms with E-state index in [1.807, 2.05) is 21.1 Å². The van der Waals surface area contributed by atoms with Crippen LogP contribution < -0.4 is 5.11 Å². The van der Waals surface area contributed by atoms with E-state index >= 15 is 0 Å². The van der Waals surface area contributed by atoms with Crippen molar-refractivity contribution in [2.24, 2.45) is 0 Å². The third-order valence-electron chi connectivity index (χ3n) is 15.9. The van der Waals surface area contributed by atoms with E-state index in [1.165, 1.54) is 231 Å². The number of ether oxygens (including phenoxy) is 4. The van der Waals surface area contributed by atoms with Gasteiger partial charge in [0.15, 0.2) is 12.4 Å². The second-order valence-electron chi connectivity index (χ2n) is 25.5. The van der Waals surface area contributed by atoms with Gasteiger partial charge in [0.2, 0.25) is 0 Å². The number of aliphatic carboxylic acids is 1. The number of carbonyl (C=O) groups is 3. The number of carboxylic acids is 1. The Kier molecular flexibility index (Phi) is 64.1. The van der Waals surface area contributed by atoms with Gasteiger partial charge in [-0.15, -0.1) is 0 Å². The number of likely N-dealkylation sites (N-methyl/N-ethyl adjacent to an activating group) is 1. The molecular weight excluding hydrogens is 1050 g/mol.